The average Bonchev–Trinajstić information content (AvgIpc) is 2.82. The van der Waals surface area contributed by atoms with Crippen LogP contribution in [0.25, 0.3) is 0 Å². The van der Waals surface area contributed by atoms with E-state index in [-0.39, 0.29) is 0 Å². The summed E-state index contributed by atoms with van der Waals surface area (Å²) in [5.74, 6) is 1.78. The van der Waals surface area contributed by atoms with Gasteiger partial charge in [-0.1, -0.05) is 27.2 Å². The third kappa shape index (κ3) is 3.27. The van der Waals surface area contributed by atoms with E-state index < -0.39 is 0 Å². The maximum absolute atomic E-state index is 3.60. The first-order chi connectivity index (χ1) is 8.59. The fourth-order valence-electron chi connectivity index (χ4n) is 3.92. The highest BCUT2D eigenvalue weighted by molar-refractivity contribution is 4.92. The minimum Gasteiger partial charge on any atom is -0.314 e. The van der Waals surface area contributed by atoms with Crippen LogP contribution in [0, 0.1) is 11.8 Å². The molecule has 106 valence electrons. The smallest absolute Gasteiger partial charge is 0.0126 e. The summed E-state index contributed by atoms with van der Waals surface area (Å²) in [5.41, 5.74) is 0. The normalized spacial score (nSPS) is 32.5. The van der Waals surface area contributed by atoms with Crippen LogP contribution in [0.4, 0.5) is 0 Å². The molecule has 1 N–H and O–H groups in total. The molecule has 0 aromatic rings. The molecular weight excluding hydrogens is 220 g/mol. The molecule has 2 aliphatic rings. The third-order valence-electron chi connectivity index (χ3n) is 5.23. The van der Waals surface area contributed by atoms with Crippen LogP contribution >= 0.6 is 0 Å². The molecule has 2 nitrogen and oxygen atoms in total. The molecule has 2 fully saturated rings. The fraction of sp³-hybridized carbons (Fsp3) is 1.00. The van der Waals surface area contributed by atoms with Gasteiger partial charge in [-0.2, -0.15) is 0 Å². The lowest BCUT2D eigenvalue weighted by molar-refractivity contribution is 0.0508. The van der Waals surface area contributed by atoms with Crippen LogP contribution < -0.4 is 5.32 Å². The van der Waals surface area contributed by atoms with E-state index in [1.807, 2.05) is 0 Å². The Labute approximate surface area is 114 Å². The zero-order valence-electron chi connectivity index (χ0n) is 12.8. The zero-order chi connectivity index (χ0) is 13.1. The molecule has 4 atom stereocenters. The predicted octanol–water partition coefficient (Wildman–Crippen LogP) is 3.27. The molecule has 1 aliphatic heterocycles. The Bertz CT molecular complexity index is 251. The first kappa shape index (κ1) is 14.3. The van der Waals surface area contributed by atoms with Crippen molar-refractivity contribution in [2.24, 2.45) is 11.8 Å². The monoisotopic (exact) mass is 252 g/mol. The Hall–Kier alpha value is -0.0800. The highest BCUT2D eigenvalue weighted by Crippen LogP contribution is 2.38. The van der Waals surface area contributed by atoms with Gasteiger partial charge in [-0.05, 0) is 57.5 Å². The van der Waals surface area contributed by atoms with Gasteiger partial charge >= 0.3 is 0 Å². The summed E-state index contributed by atoms with van der Waals surface area (Å²) >= 11 is 0. The third-order valence-corrected chi connectivity index (χ3v) is 5.23. The van der Waals surface area contributed by atoms with E-state index in [0.717, 1.165) is 30.5 Å². The fourth-order valence-corrected chi connectivity index (χ4v) is 3.92. The summed E-state index contributed by atoms with van der Waals surface area (Å²) in [6.45, 7) is 11.9. The Morgan fingerprint density at radius 2 is 1.78 bits per heavy atom. The number of hydrogen-bond donors (Lipinski definition) is 1. The largest absolute Gasteiger partial charge is 0.314 e. The van der Waals surface area contributed by atoms with Crippen LogP contribution in [0.15, 0.2) is 0 Å². The van der Waals surface area contributed by atoms with Crippen LogP contribution in [0.3, 0.4) is 0 Å². The summed E-state index contributed by atoms with van der Waals surface area (Å²) in [6, 6.07) is 2.26. The van der Waals surface area contributed by atoms with Crippen molar-refractivity contribution in [3.63, 3.8) is 0 Å². The van der Waals surface area contributed by atoms with Crippen LogP contribution in [0.1, 0.15) is 59.8 Å². The summed E-state index contributed by atoms with van der Waals surface area (Å²) in [5, 5.41) is 3.60. The van der Waals surface area contributed by atoms with Crippen molar-refractivity contribution in [2.45, 2.75) is 77.9 Å². The van der Waals surface area contributed by atoms with Crippen LogP contribution in [-0.4, -0.2) is 36.1 Å². The first-order valence-corrected chi connectivity index (χ1v) is 8.08. The predicted molar refractivity (Wildman–Crippen MR) is 78.8 cm³/mol. The van der Waals surface area contributed by atoms with E-state index in [1.165, 1.54) is 38.6 Å². The van der Waals surface area contributed by atoms with Crippen molar-refractivity contribution in [2.75, 3.05) is 13.1 Å². The molecule has 0 aromatic heterocycles. The van der Waals surface area contributed by atoms with Crippen molar-refractivity contribution in [3.05, 3.63) is 0 Å². The lowest BCUT2D eigenvalue weighted by atomic mass is 9.88. The van der Waals surface area contributed by atoms with E-state index >= 15 is 0 Å². The van der Waals surface area contributed by atoms with Crippen LogP contribution in [0.5, 0.6) is 0 Å². The second kappa shape index (κ2) is 6.38. The molecule has 1 saturated carbocycles. The van der Waals surface area contributed by atoms with E-state index in [0.29, 0.717) is 6.04 Å². The average molecular weight is 252 g/mol. The molecule has 0 spiro atoms. The quantitative estimate of drug-likeness (QED) is 0.808. The summed E-state index contributed by atoms with van der Waals surface area (Å²) < 4.78 is 0. The topological polar surface area (TPSA) is 15.3 Å². The summed E-state index contributed by atoms with van der Waals surface area (Å²) in [4.78, 5) is 2.84. The SMILES string of the molecule is CC(C)NCC(C)C(C)N1CCCC2CCCC21. The van der Waals surface area contributed by atoms with Gasteiger partial charge in [-0.15, -0.1) is 0 Å². The molecule has 0 radical (unpaired) electrons. The number of nitrogens with zero attached hydrogens (tertiary/aromatic N) is 1. The van der Waals surface area contributed by atoms with E-state index in [2.05, 4.69) is 37.9 Å². The number of likely N-dealkylation sites (tertiary alicyclic amines) is 1. The molecule has 0 amide bonds. The molecule has 2 heteroatoms. The number of fused-ring (bicyclic) bond motifs is 1. The molecule has 1 heterocycles. The Balaban J connectivity index is 1.88. The second-order valence-corrected chi connectivity index (χ2v) is 6.92. The number of hydrogen-bond acceptors (Lipinski definition) is 2. The van der Waals surface area contributed by atoms with Gasteiger partial charge in [0.2, 0.25) is 0 Å². The van der Waals surface area contributed by atoms with Gasteiger partial charge in [0.25, 0.3) is 0 Å². The highest BCUT2D eigenvalue weighted by Gasteiger charge is 2.37. The van der Waals surface area contributed by atoms with Crippen molar-refractivity contribution < 1.29 is 0 Å². The van der Waals surface area contributed by atoms with Gasteiger partial charge in [0.15, 0.2) is 0 Å². The standard InChI is InChI=1S/C16H32N2/c1-12(2)17-11-13(3)14(4)18-10-6-8-15-7-5-9-16(15)18/h12-17H,5-11H2,1-4H3. The molecule has 4 unspecified atom stereocenters. The summed E-state index contributed by atoms with van der Waals surface area (Å²) in [6.07, 6.45) is 7.34. The molecule has 0 bridgehead atoms. The Morgan fingerprint density at radius 1 is 1.06 bits per heavy atom. The van der Waals surface area contributed by atoms with Crippen molar-refractivity contribution >= 4 is 0 Å². The van der Waals surface area contributed by atoms with Gasteiger partial charge in [0, 0.05) is 18.1 Å². The summed E-state index contributed by atoms with van der Waals surface area (Å²) in [7, 11) is 0. The number of rotatable bonds is 5. The molecule has 2 rings (SSSR count). The van der Waals surface area contributed by atoms with Gasteiger partial charge < -0.3 is 5.32 Å². The van der Waals surface area contributed by atoms with E-state index in [1.54, 1.807) is 0 Å². The van der Waals surface area contributed by atoms with Crippen LogP contribution in [-0.2, 0) is 0 Å². The van der Waals surface area contributed by atoms with Crippen molar-refractivity contribution in [1.29, 1.82) is 0 Å². The maximum Gasteiger partial charge on any atom is 0.0126 e. The lowest BCUT2D eigenvalue weighted by Crippen LogP contribution is -2.51. The van der Waals surface area contributed by atoms with E-state index in [9.17, 15) is 0 Å². The molecule has 1 saturated heterocycles. The van der Waals surface area contributed by atoms with Gasteiger partial charge in [0.05, 0.1) is 0 Å². The molecular formula is C16H32N2. The van der Waals surface area contributed by atoms with Crippen molar-refractivity contribution in [3.8, 4) is 0 Å². The Kier molecular flexibility index (Phi) is 5.08. The second-order valence-electron chi connectivity index (χ2n) is 6.92. The van der Waals surface area contributed by atoms with E-state index in [4.69, 9.17) is 0 Å². The minimum absolute atomic E-state index is 0.611. The highest BCUT2D eigenvalue weighted by atomic mass is 15.2. The Morgan fingerprint density at radius 3 is 2.50 bits per heavy atom. The minimum atomic E-state index is 0.611. The molecule has 1 aliphatic carbocycles. The van der Waals surface area contributed by atoms with Gasteiger partial charge in [-0.3, -0.25) is 4.90 Å². The number of nitrogens with one attached hydrogen (secondary N) is 1. The molecule has 0 aromatic carbocycles. The van der Waals surface area contributed by atoms with Gasteiger partial charge in [0.1, 0.15) is 0 Å². The van der Waals surface area contributed by atoms with Crippen molar-refractivity contribution in [1.82, 2.24) is 10.2 Å². The lowest BCUT2D eigenvalue weighted by Gasteiger charge is -2.44. The van der Waals surface area contributed by atoms with Gasteiger partial charge in [-0.25, -0.2) is 0 Å². The molecule has 18 heavy (non-hydrogen) atoms. The zero-order valence-corrected chi connectivity index (χ0v) is 12.8. The maximum atomic E-state index is 3.60. The first-order valence-electron chi connectivity index (χ1n) is 8.08. The van der Waals surface area contributed by atoms with Crippen LogP contribution in [0.2, 0.25) is 0 Å². The number of piperidine rings is 1.